The van der Waals surface area contributed by atoms with Crippen molar-refractivity contribution in [1.29, 1.82) is 0 Å². The normalized spacial score (nSPS) is 17.4. The number of hydrogen-bond donors (Lipinski definition) is 1. The second kappa shape index (κ2) is 10.7. The summed E-state index contributed by atoms with van der Waals surface area (Å²) in [5, 5.41) is 7.31. The Morgan fingerprint density at radius 1 is 1.36 bits per heavy atom. The molecular weight excluding hydrogens is 447 g/mol. The van der Waals surface area contributed by atoms with Crippen LogP contribution in [-0.2, 0) is 6.54 Å². The molecule has 25 heavy (non-hydrogen) atoms. The molecule has 7 heteroatoms. The Morgan fingerprint density at radius 3 is 2.92 bits per heavy atom. The SMILES string of the molecule is CCNC(=NCc1ccon1)N1CCC(CSc2ccccc2)C1.I. The number of nitrogens with zero attached hydrogens (tertiary/aromatic N) is 3. The Balaban J connectivity index is 0.00000225. The molecular formula is C18H25IN4OS. The van der Waals surface area contributed by atoms with Gasteiger partial charge in [-0.3, -0.25) is 0 Å². The molecule has 0 bridgehead atoms. The molecule has 1 aliphatic heterocycles. The Hall–Kier alpha value is -1.22. The van der Waals surface area contributed by atoms with Gasteiger partial charge in [-0.25, -0.2) is 4.99 Å². The quantitative estimate of drug-likeness (QED) is 0.300. The van der Waals surface area contributed by atoms with Gasteiger partial charge >= 0.3 is 0 Å². The van der Waals surface area contributed by atoms with Crippen molar-refractivity contribution in [2.24, 2.45) is 10.9 Å². The molecule has 1 atom stereocenters. The van der Waals surface area contributed by atoms with Crippen LogP contribution in [0.3, 0.4) is 0 Å². The summed E-state index contributed by atoms with van der Waals surface area (Å²) in [6.45, 7) is 5.65. The first-order valence-corrected chi connectivity index (χ1v) is 9.44. The topological polar surface area (TPSA) is 53.7 Å². The summed E-state index contributed by atoms with van der Waals surface area (Å²) in [6, 6.07) is 12.5. The predicted octanol–water partition coefficient (Wildman–Crippen LogP) is 3.87. The number of benzene rings is 1. The second-order valence-electron chi connectivity index (χ2n) is 5.89. The summed E-state index contributed by atoms with van der Waals surface area (Å²) in [5.41, 5.74) is 0.862. The van der Waals surface area contributed by atoms with E-state index in [1.807, 2.05) is 17.8 Å². The van der Waals surface area contributed by atoms with Gasteiger partial charge in [0, 0.05) is 36.3 Å². The van der Waals surface area contributed by atoms with E-state index in [1.165, 1.54) is 11.3 Å². The zero-order chi connectivity index (χ0) is 16.6. The third-order valence-electron chi connectivity index (χ3n) is 4.03. The Bertz CT molecular complexity index is 636. The minimum absolute atomic E-state index is 0. The van der Waals surface area contributed by atoms with E-state index in [9.17, 15) is 0 Å². The molecule has 136 valence electrons. The van der Waals surface area contributed by atoms with Crippen LogP contribution < -0.4 is 5.32 Å². The molecule has 1 N–H and O–H groups in total. The van der Waals surface area contributed by atoms with Gasteiger partial charge in [0.15, 0.2) is 5.96 Å². The average molecular weight is 472 g/mol. The van der Waals surface area contributed by atoms with Gasteiger partial charge in [-0.15, -0.1) is 35.7 Å². The summed E-state index contributed by atoms with van der Waals surface area (Å²) in [5.74, 6) is 2.84. The molecule has 5 nitrogen and oxygen atoms in total. The fourth-order valence-electron chi connectivity index (χ4n) is 2.79. The number of halogens is 1. The molecule has 0 aliphatic carbocycles. The predicted molar refractivity (Wildman–Crippen MR) is 114 cm³/mol. The molecule has 0 spiro atoms. The fraction of sp³-hybridized carbons (Fsp3) is 0.444. The lowest BCUT2D eigenvalue weighted by Gasteiger charge is -2.21. The molecule has 2 heterocycles. The molecule has 1 unspecified atom stereocenters. The highest BCUT2D eigenvalue weighted by molar-refractivity contribution is 14.0. The monoisotopic (exact) mass is 472 g/mol. The van der Waals surface area contributed by atoms with Crippen LogP contribution in [0.15, 0.2) is 57.1 Å². The van der Waals surface area contributed by atoms with Crippen LogP contribution in [0.1, 0.15) is 19.0 Å². The van der Waals surface area contributed by atoms with Crippen molar-refractivity contribution in [2.75, 3.05) is 25.4 Å². The first-order chi connectivity index (χ1) is 11.8. The maximum atomic E-state index is 4.87. The molecule has 3 rings (SSSR count). The van der Waals surface area contributed by atoms with Crippen LogP contribution in [-0.4, -0.2) is 41.4 Å². The number of rotatable bonds is 6. The number of likely N-dealkylation sites (tertiary alicyclic amines) is 1. The minimum Gasteiger partial charge on any atom is -0.364 e. The molecule has 1 aromatic carbocycles. The second-order valence-corrected chi connectivity index (χ2v) is 6.98. The summed E-state index contributed by atoms with van der Waals surface area (Å²) >= 11 is 1.95. The van der Waals surface area contributed by atoms with Crippen molar-refractivity contribution < 1.29 is 4.52 Å². The molecule has 1 saturated heterocycles. The first kappa shape index (κ1) is 20.1. The van der Waals surface area contributed by atoms with Crippen molar-refractivity contribution in [2.45, 2.75) is 24.8 Å². The number of nitrogens with one attached hydrogen (secondary N) is 1. The van der Waals surface area contributed by atoms with E-state index in [2.05, 4.69) is 52.6 Å². The number of guanidine groups is 1. The van der Waals surface area contributed by atoms with Crippen molar-refractivity contribution in [1.82, 2.24) is 15.4 Å². The van der Waals surface area contributed by atoms with E-state index in [4.69, 9.17) is 9.52 Å². The smallest absolute Gasteiger partial charge is 0.194 e. The zero-order valence-electron chi connectivity index (χ0n) is 14.4. The van der Waals surface area contributed by atoms with Gasteiger partial charge in [-0.2, -0.15) is 0 Å². The van der Waals surface area contributed by atoms with Gasteiger partial charge < -0.3 is 14.7 Å². The third kappa shape index (κ3) is 6.22. The highest BCUT2D eigenvalue weighted by Crippen LogP contribution is 2.25. The summed E-state index contributed by atoms with van der Waals surface area (Å²) in [7, 11) is 0. The number of aliphatic imine (C=N–C) groups is 1. The lowest BCUT2D eigenvalue weighted by Crippen LogP contribution is -2.40. The Morgan fingerprint density at radius 2 is 2.20 bits per heavy atom. The highest BCUT2D eigenvalue weighted by atomic mass is 127. The van der Waals surface area contributed by atoms with Gasteiger partial charge in [0.2, 0.25) is 0 Å². The van der Waals surface area contributed by atoms with Gasteiger partial charge in [-0.1, -0.05) is 23.4 Å². The maximum Gasteiger partial charge on any atom is 0.194 e. The van der Waals surface area contributed by atoms with Gasteiger partial charge in [0.05, 0.1) is 6.54 Å². The van der Waals surface area contributed by atoms with Crippen molar-refractivity contribution in [3.63, 3.8) is 0 Å². The Labute approximate surface area is 170 Å². The van der Waals surface area contributed by atoms with Crippen LogP contribution in [0.5, 0.6) is 0 Å². The van der Waals surface area contributed by atoms with E-state index in [0.29, 0.717) is 12.5 Å². The van der Waals surface area contributed by atoms with Crippen LogP contribution in [0.4, 0.5) is 0 Å². The van der Waals surface area contributed by atoms with Crippen LogP contribution in [0.25, 0.3) is 0 Å². The fourth-order valence-corrected chi connectivity index (χ4v) is 3.84. The van der Waals surface area contributed by atoms with Gasteiger partial charge in [0.1, 0.15) is 12.0 Å². The lowest BCUT2D eigenvalue weighted by molar-refractivity contribution is 0.411. The Kier molecular flexibility index (Phi) is 8.60. The van der Waals surface area contributed by atoms with E-state index < -0.39 is 0 Å². The van der Waals surface area contributed by atoms with E-state index in [-0.39, 0.29) is 24.0 Å². The molecule has 1 fully saturated rings. The first-order valence-electron chi connectivity index (χ1n) is 8.45. The van der Waals surface area contributed by atoms with Crippen molar-refractivity contribution >= 4 is 41.7 Å². The molecule has 1 aliphatic rings. The highest BCUT2D eigenvalue weighted by Gasteiger charge is 2.24. The summed E-state index contributed by atoms with van der Waals surface area (Å²) in [4.78, 5) is 8.40. The van der Waals surface area contributed by atoms with Crippen molar-refractivity contribution in [3.8, 4) is 0 Å². The number of thioether (sulfide) groups is 1. The summed E-state index contributed by atoms with van der Waals surface area (Å²) < 4.78 is 4.87. The van der Waals surface area contributed by atoms with E-state index in [0.717, 1.165) is 37.0 Å². The van der Waals surface area contributed by atoms with E-state index >= 15 is 0 Å². The zero-order valence-corrected chi connectivity index (χ0v) is 17.6. The molecule has 2 aromatic rings. The maximum absolute atomic E-state index is 4.87. The lowest BCUT2D eigenvalue weighted by atomic mass is 10.2. The molecule has 0 amide bonds. The van der Waals surface area contributed by atoms with Gasteiger partial charge in [0.25, 0.3) is 0 Å². The standard InChI is InChI=1S/C18H24N4OS.HI/c1-2-19-18(20-12-16-9-11-23-21-16)22-10-8-15(13-22)14-24-17-6-4-3-5-7-17;/h3-7,9,11,15H,2,8,10,12-14H2,1H3,(H,19,20);1H. The molecule has 1 aromatic heterocycles. The van der Waals surface area contributed by atoms with Crippen LogP contribution in [0, 0.1) is 5.92 Å². The number of hydrogen-bond acceptors (Lipinski definition) is 4. The summed E-state index contributed by atoms with van der Waals surface area (Å²) in [6.07, 6.45) is 2.80. The van der Waals surface area contributed by atoms with E-state index in [1.54, 1.807) is 6.26 Å². The molecule has 0 saturated carbocycles. The average Bonchev–Trinajstić information content (AvgIpc) is 3.29. The third-order valence-corrected chi connectivity index (χ3v) is 5.27. The molecule has 0 radical (unpaired) electrons. The van der Waals surface area contributed by atoms with Crippen molar-refractivity contribution in [3.05, 3.63) is 48.4 Å². The van der Waals surface area contributed by atoms with Gasteiger partial charge in [-0.05, 0) is 31.4 Å². The van der Waals surface area contributed by atoms with Crippen LogP contribution >= 0.6 is 35.7 Å². The van der Waals surface area contributed by atoms with Crippen LogP contribution in [0.2, 0.25) is 0 Å². The minimum atomic E-state index is 0. The largest absolute Gasteiger partial charge is 0.364 e. The number of aromatic nitrogens is 1.